The zero-order valence-electron chi connectivity index (χ0n) is 13.1. The Bertz CT molecular complexity index is 598. The van der Waals surface area contributed by atoms with Crippen molar-refractivity contribution in [1.82, 2.24) is 5.32 Å². The molecule has 1 aromatic rings. The third kappa shape index (κ3) is 4.59. The van der Waals surface area contributed by atoms with Gasteiger partial charge in [-0.3, -0.25) is 9.59 Å². The summed E-state index contributed by atoms with van der Waals surface area (Å²) in [4.78, 5) is 23.4. The van der Waals surface area contributed by atoms with E-state index in [-0.39, 0.29) is 13.0 Å². The summed E-state index contributed by atoms with van der Waals surface area (Å²) in [6.45, 7) is 4.10. The van der Waals surface area contributed by atoms with Crippen molar-refractivity contribution in [3.8, 4) is 5.75 Å². The lowest BCUT2D eigenvalue weighted by Gasteiger charge is -2.28. The van der Waals surface area contributed by atoms with Gasteiger partial charge in [-0.2, -0.15) is 0 Å². The molecule has 2 unspecified atom stereocenters. The van der Waals surface area contributed by atoms with Gasteiger partial charge in [-0.25, -0.2) is 0 Å². The molecule has 1 aliphatic heterocycles. The van der Waals surface area contributed by atoms with Crippen LogP contribution in [0.5, 0.6) is 5.75 Å². The van der Waals surface area contributed by atoms with E-state index < -0.39 is 23.5 Å². The van der Waals surface area contributed by atoms with Gasteiger partial charge in [0.2, 0.25) is 0 Å². The monoisotopic (exact) mass is 341 g/mol. The number of aryl methyl sites for hydroxylation is 1. The van der Waals surface area contributed by atoms with E-state index in [0.29, 0.717) is 23.8 Å². The van der Waals surface area contributed by atoms with Gasteiger partial charge in [0, 0.05) is 6.61 Å². The number of halogens is 1. The number of carboxylic acids is 1. The van der Waals surface area contributed by atoms with E-state index in [9.17, 15) is 9.59 Å². The standard InChI is InChI=1S/C16H20ClNO5/c1-10-3-4-12(17)13(7-10)23-11(2)15(21)18-16(8-14(19)20)5-6-22-9-16/h3-4,7,11H,5-6,8-9H2,1-2H3,(H,18,21)(H,19,20). The minimum atomic E-state index is -0.980. The first-order valence-electron chi connectivity index (χ1n) is 7.36. The zero-order chi connectivity index (χ0) is 17.0. The molecule has 0 radical (unpaired) electrons. The summed E-state index contributed by atoms with van der Waals surface area (Å²) in [6.07, 6.45) is -0.528. The predicted molar refractivity (Wildman–Crippen MR) is 84.8 cm³/mol. The highest BCUT2D eigenvalue weighted by molar-refractivity contribution is 6.32. The molecule has 126 valence electrons. The van der Waals surface area contributed by atoms with Gasteiger partial charge in [-0.1, -0.05) is 17.7 Å². The summed E-state index contributed by atoms with van der Waals surface area (Å²) in [5.41, 5.74) is 0.0836. The maximum atomic E-state index is 12.4. The Kier molecular flexibility index (Phi) is 5.49. The van der Waals surface area contributed by atoms with Crippen LogP contribution in [0.1, 0.15) is 25.3 Å². The van der Waals surface area contributed by atoms with Crippen LogP contribution in [0, 0.1) is 6.92 Å². The number of carboxylic acid groups (broad SMARTS) is 1. The molecule has 2 atom stereocenters. The summed E-state index contributed by atoms with van der Waals surface area (Å²) in [5.74, 6) is -0.954. The van der Waals surface area contributed by atoms with Crippen LogP contribution in [0.4, 0.5) is 0 Å². The lowest BCUT2D eigenvalue weighted by Crippen LogP contribution is -2.53. The largest absolute Gasteiger partial charge is 0.481 e. The van der Waals surface area contributed by atoms with Crippen LogP contribution in [0.25, 0.3) is 0 Å². The molecule has 23 heavy (non-hydrogen) atoms. The Balaban J connectivity index is 2.04. The van der Waals surface area contributed by atoms with Crippen molar-refractivity contribution in [2.45, 2.75) is 38.3 Å². The first-order valence-corrected chi connectivity index (χ1v) is 7.73. The smallest absolute Gasteiger partial charge is 0.305 e. The fraction of sp³-hybridized carbons (Fsp3) is 0.500. The lowest BCUT2D eigenvalue weighted by atomic mass is 9.94. The second-order valence-corrected chi connectivity index (χ2v) is 6.24. The van der Waals surface area contributed by atoms with Crippen LogP contribution in [-0.4, -0.2) is 41.8 Å². The molecular formula is C16H20ClNO5. The molecule has 1 saturated heterocycles. The van der Waals surface area contributed by atoms with Crippen LogP contribution >= 0.6 is 11.6 Å². The van der Waals surface area contributed by atoms with E-state index in [2.05, 4.69) is 5.32 Å². The van der Waals surface area contributed by atoms with E-state index in [1.54, 1.807) is 19.1 Å². The summed E-state index contributed by atoms with van der Waals surface area (Å²) in [7, 11) is 0. The average molecular weight is 342 g/mol. The minimum absolute atomic E-state index is 0.183. The Hall–Kier alpha value is -1.79. The van der Waals surface area contributed by atoms with Crippen molar-refractivity contribution >= 4 is 23.5 Å². The van der Waals surface area contributed by atoms with Crippen molar-refractivity contribution < 1.29 is 24.2 Å². The topological polar surface area (TPSA) is 84.9 Å². The number of amides is 1. The fourth-order valence-corrected chi connectivity index (χ4v) is 2.65. The minimum Gasteiger partial charge on any atom is -0.481 e. The molecule has 2 N–H and O–H groups in total. The zero-order valence-corrected chi connectivity index (χ0v) is 13.9. The summed E-state index contributed by atoms with van der Waals surface area (Å²) < 4.78 is 10.9. The third-order valence-corrected chi connectivity index (χ3v) is 4.05. The second kappa shape index (κ2) is 7.19. The number of rotatable bonds is 6. The number of carbonyl (C=O) groups excluding carboxylic acids is 1. The van der Waals surface area contributed by atoms with Gasteiger partial charge in [0.25, 0.3) is 5.91 Å². The van der Waals surface area contributed by atoms with Gasteiger partial charge in [0.1, 0.15) is 5.75 Å². The van der Waals surface area contributed by atoms with Crippen molar-refractivity contribution in [2.75, 3.05) is 13.2 Å². The molecule has 6 nitrogen and oxygen atoms in total. The Morgan fingerprint density at radius 3 is 2.87 bits per heavy atom. The fourth-order valence-electron chi connectivity index (χ4n) is 2.49. The molecule has 1 aromatic carbocycles. The summed E-state index contributed by atoms with van der Waals surface area (Å²) in [5, 5.41) is 12.2. The molecule has 1 amide bonds. The molecule has 0 saturated carbocycles. The second-order valence-electron chi connectivity index (χ2n) is 5.84. The molecule has 0 spiro atoms. The Morgan fingerprint density at radius 2 is 2.26 bits per heavy atom. The van der Waals surface area contributed by atoms with Gasteiger partial charge in [-0.05, 0) is 38.0 Å². The highest BCUT2D eigenvalue weighted by Crippen LogP contribution is 2.27. The number of nitrogens with one attached hydrogen (secondary N) is 1. The van der Waals surface area contributed by atoms with Crippen LogP contribution in [0.3, 0.4) is 0 Å². The quantitative estimate of drug-likeness (QED) is 0.828. The molecule has 0 bridgehead atoms. The first kappa shape index (κ1) is 17.6. The molecule has 1 aliphatic rings. The number of hydrogen-bond acceptors (Lipinski definition) is 4. The Morgan fingerprint density at radius 1 is 1.52 bits per heavy atom. The maximum absolute atomic E-state index is 12.4. The van der Waals surface area contributed by atoms with Crippen LogP contribution in [-0.2, 0) is 14.3 Å². The molecule has 0 aromatic heterocycles. The summed E-state index contributed by atoms with van der Waals surface area (Å²) in [6, 6.07) is 5.29. The molecule has 2 rings (SSSR count). The van der Waals surface area contributed by atoms with Crippen molar-refractivity contribution in [1.29, 1.82) is 0 Å². The van der Waals surface area contributed by atoms with Crippen molar-refractivity contribution in [3.05, 3.63) is 28.8 Å². The van der Waals surface area contributed by atoms with E-state index >= 15 is 0 Å². The molecule has 1 fully saturated rings. The summed E-state index contributed by atoms with van der Waals surface area (Å²) >= 11 is 6.06. The first-order chi connectivity index (χ1) is 10.8. The predicted octanol–water partition coefficient (Wildman–Crippen LogP) is 2.17. The molecule has 1 heterocycles. The lowest BCUT2D eigenvalue weighted by molar-refractivity contribution is -0.139. The number of ether oxygens (including phenoxy) is 2. The van der Waals surface area contributed by atoms with E-state index in [0.717, 1.165) is 5.56 Å². The number of benzene rings is 1. The number of aliphatic carboxylic acids is 1. The van der Waals surface area contributed by atoms with Gasteiger partial charge in [0.05, 0.1) is 23.6 Å². The normalized spacial score (nSPS) is 21.7. The third-order valence-electron chi connectivity index (χ3n) is 3.74. The molecule has 0 aliphatic carbocycles. The van der Waals surface area contributed by atoms with Crippen molar-refractivity contribution in [3.63, 3.8) is 0 Å². The number of hydrogen-bond donors (Lipinski definition) is 2. The van der Waals surface area contributed by atoms with Crippen LogP contribution in [0.15, 0.2) is 18.2 Å². The highest BCUT2D eigenvalue weighted by Gasteiger charge is 2.39. The van der Waals surface area contributed by atoms with E-state index in [1.165, 1.54) is 0 Å². The number of carbonyl (C=O) groups is 2. The van der Waals surface area contributed by atoms with Crippen molar-refractivity contribution in [2.24, 2.45) is 0 Å². The SMILES string of the molecule is Cc1ccc(Cl)c(OC(C)C(=O)NC2(CC(=O)O)CCOC2)c1. The van der Waals surface area contributed by atoms with Gasteiger partial charge in [0.15, 0.2) is 6.10 Å². The van der Waals surface area contributed by atoms with E-state index in [1.807, 2.05) is 13.0 Å². The Labute approximate surface area is 139 Å². The average Bonchev–Trinajstić information content (AvgIpc) is 2.90. The molecular weight excluding hydrogens is 322 g/mol. The van der Waals surface area contributed by atoms with E-state index in [4.69, 9.17) is 26.2 Å². The van der Waals surface area contributed by atoms with Crippen LogP contribution < -0.4 is 10.1 Å². The van der Waals surface area contributed by atoms with Gasteiger partial charge in [-0.15, -0.1) is 0 Å². The van der Waals surface area contributed by atoms with Gasteiger partial charge >= 0.3 is 5.97 Å². The van der Waals surface area contributed by atoms with Crippen LogP contribution in [0.2, 0.25) is 5.02 Å². The highest BCUT2D eigenvalue weighted by atomic mass is 35.5. The van der Waals surface area contributed by atoms with Gasteiger partial charge < -0.3 is 19.9 Å². The molecule has 7 heteroatoms. The maximum Gasteiger partial charge on any atom is 0.305 e.